The van der Waals surface area contributed by atoms with Crippen LogP contribution in [0.2, 0.25) is 0 Å². The van der Waals surface area contributed by atoms with Crippen LogP contribution in [0.3, 0.4) is 0 Å². The van der Waals surface area contributed by atoms with Crippen LogP contribution in [-0.4, -0.2) is 5.78 Å². The molecule has 0 aromatic heterocycles. The molecule has 0 unspecified atom stereocenters. The van der Waals surface area contributed by atoms with Crippen LogP contribution in [0.25, 0.3) is 0 Å². The molecule has 0 heterocycles. The Morgan fingerprint density at radius 3 is 2.73 bits per heavy atom. The van der Waals surface area contributed by atoms with Gasteiger partial charge in [0.25, 0.3) is 0 Å². The highest BCUT2D eigenvalue weighted by atomic mass is 16.1. The van der Waals surface area contributed by atoms with Crippen LogP contribution in [-0.2, 0) is 4.79 Å². The van der Waals surface area contributed by atoms with Crippen molar-refractivity contribution in [1.29, 1.82) is 0 Å². The summed E-state index contributed by atoms with van der Waals surface area (Å²) in [6.45, 7) is 4.60. The lowest BCUT2D eigenvalue weighted by molar-refractivity contribution is -0.141. The van der Waals surface area contributed by atoms with Gasteiger partial charge in [-0.3, -0.25) is 4.79 Å². The third kappa shape index (κ3) is 0.935. The predicted molar refractivity (Wildman–Crippen MR) is 44.2 cm³/mol. The molecular formula is C10H16O. The highest BCUT2D eigenvalue weighted by Gasteiger charge is 2.51. The summed E-state index contributed by atoms with van der Waals surface area (Å²) in [6.07, 6.45) is 4.45. The molecule has 0 saturated heterocycles. The monoisotopic (exact) mass is 152 g/mol. The Balaban J connectivity index is 2.11. The van der Waals surface area contributed by atoms with Gasteiger partial charge < -0.3 is 0 Å². The molecule has 0 aromatic rings. The van der Waals surface area contributed by atoms with E-state index in [2.05, 4.69) is 13.8 Å². The Kier molecular flexibility index (Phi) is 1.39. The summed E-state index contributed by atoms with van der Waals surface area (Å²) < 4.78 is 0. The van der Waals surface area contributed by atoms with Crippen molar-refractivity contribution >= 4 is 5.78 Å². The smallest absolute Gasteiger partial charge is 0.136 e. The fourth-order valence-electron chi connectivity index (χ4n) is 2.86. The highest BCUT2D eigenvalue weighted by Crippen LogP contribution is 2.55. The molecule has 62 valence electrons. The van der Waals surface area contributed by atoms with Gasteiger partial charge in [-0.05, 0) is 30.6 Å². The molecule has 2 aliphatic carbocycles. The quantitative estimate of drug-likeness (QED) is 0.521. The van der Waals surface area contributed by atoms with E-state index in [4.69, 9.17) is 0 Å². The summed E-state index contributed by atoms with van der Waals surface area (Å²) in [5, 5.41) is 0. The summed E-state index contributed by atoms with van der Waals surface area (Å²) >= 11 is 0. The zero-order chi connectivity index (χ0) is 8.06. The van der Waals surface area contributed by atoms with Gasteiger partial charge in [0.05, 0.1) is 0 Å². The van der Waals surface area contributed by atoms with Gasteiger partial charge in [-0.25, -0.2) is 0 Å². The average molecular weight is 152 g/mol. The van der Waals surface area contributed by atoms with Gasteiger partial charge in [0, 0.05) is 12.3 Å². The number of carbonyl (C=O) groups excluding carboxylic acids is 1. The minimum Gasteiger partial charge on any atom is -0.299 e. The third-order valence-electron chi connectivity index (χ3n) is 3.59. The van der Waals surface area contributed by atoms with Gasteiger partial charge in [0.1, 0.15) is 5.78 Å². The lowest BCUT2D eigenvalue weighted by Gasteiger charge is -2.53. The van der Waals surface area contributed by atoms with Crippen LogP contribution < -0.4 is 0 Å². The lowest BCUT2D eigenvalue weighted by atomic mass is 9.51. The van der Waals surface area contributed by atoms with Gasteiger partial charge in [0.2, 0.25) is 0 Å². The topological polar surface area (TPSA) is 17.1 Å². The van der Waals surface area contributed by atoms with E-state index in [1.54, 1.807) is 0 Å². The van der Waals surface area contributed by atoms with Gasteiger partial charge in [-0.15, -0.1) is 0 Å². The number of ketones is 1. The van der Waals surface area contributed by atoms with Gasteiger partial charge in [-0.2, -0.15) is 0 Å². The Labute approximate surface area is 68.2 Å². The minimum absolute atomic E-state index is 0.457. The number of Topliss-reactive ketones (excluding diaryl/α,β-unsaturated/α-hetero) is 1. The Morgan fingerprint density at radius 2 is 2.18 bits per heavy atom. The number of rotatable bonds is 0. The molecule has 0 radical (unpaired) electrons. The second kappa shape index (κ2) is 2.09. The van der Waals surface area contributed by atoms with Crippen molar-refractivity contribution in [2.45, 2.75) is 39.5 Å². The van der Waals surface area contributed by atoms with Crippen molar-refractivity contribution in [1.82, 2.24) is 0 Å². The summed E-state index contributed by atoms with van der Waals surface area (Å²) in [4.78, 5) is 11.3. The molecule has 2 rings (SSSR count). The Morgan fingerprint density at radius 1 is 1.45 bits per heavy atom. The molecule has 2 saturated carbocycles. The normalized spacial score (nSPS) is 41.1. The van der Waals surface area contributed by atoms with Crippen molar-refractivity contribution in [2.75, 3.05) is 0 Å². The molecule has 0 bridgehead atoms. The molecule has 1 nitrogen and oxygen atoms in total. The summed E-state index contributed by atoms with van der Waals surface area (Å²) in [5.41, 5.74) is 0.473. The predicted octanol–water partition coefficient (Wildman–Crippen LogP) is 2.40. The van der Waals surface area contributed by atoms with Gasteiger partial charge in [-0.1, -0.05) is 13.8 Å². The fraction of sp³-hybridized carbons (Fsp3) is 0.900. The van der Waals surface area contributed by atoms with E-state index in [0.29, 0.717) is 17.1 Å². The van der Waals surface area contributed by atoms with E-state index >= 15 is 0 Å². The van der Waals surface area contributed by atoms with Crippen molar-refractivity contribution in [3.63, 3.8) is 0 Å². The van der Waals surface area contributed by atoms with Crippen LogP contribution in [0.5, 0.6) is 0 Å². The molecule has 11 heavy (non-hydrogen) atoms. The number of carbonyl (C=O) groups is 1. The fourth-order valence-corrected chi connectivity index (χ4v) is 2.86. The molecule has 2 atom stereocenters. The lowest BCUT2D eigenvalue weighted by Crippen LogP contribution is -2.49. The number of hydrogen-bond acceptors (Lipinski definition) is 1. The Hall–Kier alpha value is -0.330. The van der Waals surface area contributed by atoms with Crippen LogP contribution in [0.1, 0.15) is 39.5 Å². The summed E-state index contributed by atoms with van der Waals surface area (Å²) in [6, 6.07) is 0. The molecule has 0 aliphatic heterocycles. The van der Waals surface area contributed by atoms with Crippen LogP contribution in [0.4, 0.5) is 0 Å². The molecule has 0 amide bonds. The van der Waals surface area contributed by atoms with Crippen LogP contribution >= 0.6 is 0 Å². The molecule has 0 aromatic carbocycles. The van der Waals surface area contributed by atoms with Crippen molar-refractivity contribution in [2.24, 2.45) is 17.3 Å². The van der Waals surface area contributed by atoms with E-state index < -0.39 is 0 Å². The van der Waals surface area contributed by atoms with Crippen molar-refractivity contribution in [3.05, 3.63) is 0 Å². The first-order valence-corrected chi connectivity index (χ1v) is 4.64. The third-order valence-corrected chi connectivity index (χ3v) is 3.59. The maximum Gasteiger partial charge on any atom is 0.136 e. The first-order chi connectivity index (χ1) is 5.11. The second-order valence-corrected chi connectivity index (χ2v) is 4.76. The second-order valence-electron chi connectivity index (χ2n) is 4.76. The average Bonchev–Trinajstić information content (AvgIpc) is 1.92. The van der Waals surface area contributed by atoms with E-state index in [1.165, 1.54) is 6.42 Å². The molecular weight excluding hydrogens is 136 g/mol. The SMILES string of the molecule is CC1(C)C[C@H]2C(=O)CCC[C@H]21. The molecule has 2 aliphatic rings. The van der Waals surface area contributed by atoms with E-state index in [-0.39, 0.29) is 0 Å². The Bertz CT molecular complexity index is 193. The van der Waals surface area contributed by atoms with Crippen molar-refractivity contribution in [3.8, 4) is 0 Å². The maximum atomic E-state index is 11.3. The first-order valence-electron chi connectivity index (χ1n) is 4.64. The molecule has 0 N–H and O–H groups in total. The maximum absolute atomic E-state index is 11.3. The number of fused-ring (bicyclic) bond motifs is 1. The van der Waals surface area contributed by atoms with Gasteiger partial charge >= 0.3 is 0 Å². The van der Waals surface area contributed by atoms with E-state index in [1.807, 2.05) is 0 Å². The summed E-state index contributed by atoms with van der Waals surface area (Å²) in [7, 11) is 0. The molecule has 1 heteroatoms. The molecule has 2 fully saturated rings. The molecule has 0 spiro atoms. The van der Waals surface area contributed by atoms with E-state index in [0.717, 1.165) is 25.2 Å². The van der Waals surface area contributed by atoms with Crippen molar-refractivity contribution < 1.29 is 4.79 Å². The van der Waals surface area contributed by atoms with E-state index in [9.17, 15) is 4.79 Å². The summed E-state index contributed by atoms with van der Waals surface area (Å²) in [5.74, 6) is 1.73. The minimum atomic E-state index is 0.457. The standard InChI is InChI=1S/C10H16O/c1-10(2)6-7-8(10)4-3-5-9(7)11/h7-8H,3-6H2,1-2H3/t7-,8-/m1/s1. The first kappa shape index (κ1) is 7.33. The van der Waals surface area contributed by atoms with Gasteiger partial charge in [0.15, 0.2) is 0 Å². The van der Waals surface area contributed by atoms with Crippen LogP contribution in [0, 0.1) is 17.3 Å². The largest absolute Gasteiger partial charge is 0.299 e. The highest BCUT2D eigenvalue weighted by molar-refractivity contribution is 5.83. The zero-order valence-corrected chi connectivity index (χ0v) is 7.39. The van der Waals surface area contributed by atoms with Crippen LogP contribution in [0.15, 0.2) is 0 Å². The number of hydrogen-bond donors (Lipinski definition) is 0. The zero-order valence-electron chi connectivity index (χ0n) is 7.39.